The number of halogens is 3. The first-order valence-corrected chi connectivity index (χ1v) is 5.77. The number of hydrogen-bond acceptors (Lipinski definition) is 3. The predicted molar refractivity (Wildman–Crippen MR) is 64.3 cm³/mol. The van der Waals surface area contributed by atoms with Gasteiger partial charge in [-0.3, -0.25) is 0 Å². The lowest BCUT2D eigenvalue weighted by Crippen LogP contribution is -1.96. The number of nitrogens with zero attached hydrogens (tertiary/aromatic N) is 1. The smallest absolute Gasteiger partial charge is 0.224 e. The fourth-order valence-corrected chi connectivity index (χ4v) is 1.77. The zero-order chi connectivity index (χ0) is 13.1. The molecule has 1 aromatic carbocycles. The molecule has 0 radical (unpaired) electrons. The van der Waals surface area contributed by atoms with Crippen molar-refractivity contribution in [3.8, 4) is 11.6 Å². The second-order valence-corrected chi connectivity index (χ2v) is 4.31. The van der Waals surface area contributed by atoms with Crippen molar-refractivity contribution in [2.45, 2.75) is 6.61 Å². The zero-order valence-corrected chi connectivity index (χ0v) is 10.6. The molecule has 94 valence electrons. The molecule has 6 heteroatoms. The summed E-state index contributed by atoms with van der Waals surface area (Å²) in [5.74, 6) is -0.579. The number of pyridine rings is 1. The van der Waals surface area contributed by atoms with E-state index in [0.29, 0.717) is 10.2 Å². The van der Waals surface area contributed by atoms with Crippen LogP contribution in [0.2, 0.25) is 0 Å². The molecule has 1 aromatic heterocycles. The van der Waals surface area contributed by atoms with Crippen LogP contribution in [0.5, 0.6) is 11.6 Å². The maximum Gasteiger partial charge on any atom is 0.224 e. The Kier molecular flexibility index (Phi) is 3.88. The van der Waals surface area contributed by atoms with E-state index in [-0.39, 0.29) is 11.4 Å². The number of rotatable bonds is 3. The Morgan fingerprint density at radius 3 is 2.67 bits per heavy atom. The third-order valence-corrected chi connectivity index (χ3v) is 2.78. The molecule has 2 aromatic rings. The number of ether oxygens (including phenoxy) is 1. The van der Waals surface area contributed by atoms with Gasteiger partial charge in [-0.1, -0.05) is 0 Å². The summed E-state index contributed by atoms with van der Waals surface area (Å²) in [5.41, 5.74) is 0.214. The highest BCUT2D eigenvalue weighted by atomic mass is 79.9. The molecule has 0 aliphatic carbocycles. The van der Waals surface area contributed by atoms with Gasteiger partial charge in [-0.05, 0) is 40.2 Å². The van der Waals surface area contributed by atoms with E-state index < -0.39 is 18.2 Å². The second kappa shape index (κ2) is 5.41. The van der Waals surface area contributed by atoms with Crippen LogP contribution in [-0.4, -0.2) is 10.1 Å². The molecule has 0 atom stereocenters. The van der Waals surface area contributed by atoms with Crippen molar-refractivity contribution < 1.29 is 18.6 Å². The minimum Gasteiger partial charge on any atom is -0.437 e. The van der Waals surface area contributed by atoms with E-state index >= 15 is 0 Å². The average molecular weight is 316 g/mol. The molecule has 0 aliphatic heterocycles. The molecule has 0 saturated carbocycles. The highest BCUT2D eigenvalue weighted by Gasteiger charge is 2.10. The molecule has 0 aliphatic rings. The zero-order valence-electron chi connectivity index (χ0n) is 9.03. The van der Waals surface area contributed by atoms with E-state index in [9.17, 15) is 8.78 Å². The van der Waals surface area contributed by atoms with Crippen molar-refractivity contribution >= 4 is 15.9 Å². The molecule has 0 saturated heterocycles. The van der Waals surface area contributed by atoms with E-state index in [1.165, 1.54) is 18.2 Å². The number of aliphatic hydroxyl groups excluding tert-OH is 1. The number of benzene rings is 1. The Morgan fingerprint density at radius 2 is 2.00 bits per heavy atom. The second-order valence-electron chi connectivity index (χ2n) is 3.45. The fraction of sp³-hybridized carbons (Fsp3) is 0.0833. The van der Waals surface area contributed by atoms with Crippen LogP contribution in [-0.2, 0) is 6.61 Å². The Labute approximate surface area is 110 Å². The summed E-state index contributed by atoms with van der Waals surface area (Å²) in [6, 6.07) is 4.99. The molecule has 0 amide bonds. The molecule has 0 bridgehead atoms. The van der Waals surface area contributed by atoms with Crippen LogP contribution in [0, 0.1) is 11.6 Å². The van der Waals surface area contributed by atoms with Gasteiger partial charge in [0.25, 0.3) is 0 Å². The summed E-state index contributed by atoms with van der Waals surface area (Å²) in [7, 11) is 0. The van der Waals surface area contributed by atoms with Gasteiger partial charge in [-0.2, -0.15) is 0 Å². The van der Waals surface area contributed by atoms with Crippen LogP contribution in [0.1, 0.15) is 5.56 Å². The highest BCUT2D eigenvalue weighted by molar-refractivity contribution is 9.10. The maximum atomic E-state index is 12.9. The van der Waals surface area contributed by atoms with Crippen LogP contribution < -0.4 is 4.74 Å². The van der Waals surface area contributed by atoms with Crippen LogP contribution in [0.3, 0.4) is 0 Å². The van der Waals surface area contributed by atoms with E-state index in [4.69, 9.17) is 9.84 Å². The van der Waals surface area contributed by atoms with E-state index in [1.54, 1.807) is 0 Å². The Balaban J connectivity index is 2.33. The maximum absolute atomic E-state index is 12.9. The van der Waals surface area contributed by atoms with Gasteiger partial charge in [0, 0.05) is 5.56 Å². The first-order valence-electron chi connectivity index (χ1n) is 4.98. The first-order chi connectivity index (χ1) is 8.60. The molecular formula is C12H8BrF2NO2. The molecule has 1 heterocycles. The van der Waals surface area contributed by atoms with Gasteiger partial charge in [-0.15, -0.1) is 0 Å². The van der Waals surface area contributed by atoms with Crippen molar-refractivity contribution in [3.05, 3.63) is 52.1 Å². The molecule has 0 fully saturated rings. The minimum atomic E-state index is -0.565. The summed E-state index contributed by atoms with van der Waals surface area (Å²) in [6.07, 6.45) is 0.978. The Bertz CT molecular complexity index is 578. The van der Waals surface area contributed by atoms with Crippen molar-refractivity contribution in [1.29, 1.82) is 0 Å². The fourth-order valence-electron chi connectivity index (χ4n) is 1.34. The molecule has 1 N–H and O–H groups in total. The van der Waals surface area contributed by atoms with Gasteiger partial charge in [-0.25, -0.2) is 13.8 Å². The monoisotopic (exact) mass is 315 g/mol. The molecule has 0 unspecified atom stereocenters. The third-order valence-electron chi connectivity index (χ3n) is 2.16. The van der Waals surface area contributed by atoms with Gasteiger partial charge in [0.15, 0.2) is 0 Å². The Hall–Kier alpha value is -1.53. The quantitative estimate of drug-likeness (QED) is 0.943. The predicted octanol–water partition coefficient (Wildman–Crippen LogP) is 3.41. The molecule has 2 rings (SSSR count). The lowest BCUT2D eigenvalue weighted by atomic mass is 10.3. The van der Waals surface area contributed by atoms with Gasteiger partial charge in [0.1, 0.15) is 17.4 Å². The summed E-state index contributed by atoms with van der Waals surface area (Å²) in [6.45, 7) is -0.404. The van der Waals surface area contributed by atoms with Gasteiger partial charge >= 0.3 is 0 Å². The van der Waals surface area contributed by atoms with Crippen molar-refractivity contribution in [2.24, 2.45) is 0 Å². The van der Waals surface area contributed by atoms with Crippen LogP contribution in [0.15, 0.2) is 34.9 Å². The first kappa shape index (κ1) is 12.9. The highest BCUT2D eigenvalue weighted by Crippen LogP contribution is 2.30. The van der Waals surface area contributed by atoms with Crippen molar-refractivity contribution in [3.63, 3.8) is 0 Å². The topological polar surface area (TPSA) is 42.4 Å². The van der Waals surface area contributed by atoms with Crippen molar-refractivity contribution in [2.75, 3.05) is 0 Å². The summed E-state index contributed by atoms with van der Waals surface area (Å²) < 4.78 is 31.6. The van der Waals surface area contributed by atoms with Gasteiger partial charge < -0.3 is 9.84 Å². The number of hydrogen-bond donors (Lipinski definition) is 1. The molecule has 3 nitrogen and oxygen atoms in total. The number of aromatic nitrogens is 1. The SMILES string of the molecule is OCc1cc(F)cnc1Oc1ccc(F)cc1Br. The minimum absolute atomic E-state index is 0.0752. The van der Waals surface area contributed by atoms with E-state index in [2.05, 4.69) is 20.9 Å². The summed E-state index contributed by atoms with van der Waals surface area (Å²) in [5, 5.41) is 9.08. The normalized spacial score (nSPS) is 10.4. The van der Waals surface area contributed by atoms with Gasteiger partial charge in [0.2, 0.25) is 5.88 Å². The Morgan fingerprint density at radius 1 is 1.22 bits per heavy atom. The van der Waals surface area contributed by atoms with Gasteiger partial charge in [0.05, 0.1) is 17.3 Å². The molecule has 0 spiro atoms. The molecule has 18 heavy (non-hydrogen) atoms. The lowest BCUT2D eigenvalue weighted by Gasteiger charge is -2.09. The van der Waals surface area contributed by atoms with Crippen LogP contribution in [0.25, 0.3) is 0 Å². The van der Waals surface area contributed by atoms with E-state index in [1.807, 2.05) is 0 Å². The van der Waals surface area contributed by atoms with Crippen LogP contribution >= 0.6 is 15.9 Å². The summed E-state index contributed by atoms with van der Waals surface area (Å²) >= 11 is 3.14. The average Bonchev–Trinajstić information content (AvgIpc) is 2.34. The van der Waals surface area contributed by atoms with Crippen molar-refractivity contribution in [1.82, 2.24) is 4.98 Å². The third kappa shape index (κ3) is 2.83. The van der Waals surface area contributed by atoms with E-state index in [0.717, 1.165) is 12.3 Å². The summed E-state index contributed by atoms with van der Waals surface area (Å²) in [4.78, 5) is 3.74. The standard InChI is InChI=1S/C12H8BrF2NO2/c13-10-4-8(14)1-2-11(10)18-12-7(6-17)3-9(15)5-16-12/h1-5,17H,6H2. The lowest BCUT2D eigenvalue weighted by molar-refractivity contribution is 0.274. The van der Waals surface area contributed by atoms with Crippen LogP contribution in [0.4, 0.5) is 8.78 Å². The largest absolute Gasteiger partial charge is 0.437 e. The number of aliphatic hydroxyl groups is 1. The molecular weight excluding hydrogens is 308 g/mol.